The molecule has 0 fully saturated rings. The number of hydrogen-bond donors (Lipinski definition) is 1. The zero-order chi connectivity index (χ0) is 15.1. The van der Waals surface area contributed by atoms with E-state index < -0.39 is 0 Å². The number of hydrogen-bond acceptors (Lipinski definition) is 4. The van der Waals surface area contributed by atoms with E-state index in [1.165, 1.54) is 0 Å². The molecule has 0 aliphatic rings. The first-order chi connectivity index (χ1) is 10.2. The second kappa shape index (κ2) is 7.69. The van der Waals surface area contributed by atoms with E-state index in [0.29, 0.717) is 6.61 Å². The lowest BCUT2D eigenvalue weighted by Gasteiger charge is -2.10. The Morgan fingerprint density at radius 1 is 1.29 bits per heavy atom. The maximum Gasteiger partial charge on any atom is 0.161 e. The van der Waals surface area contributed by atoms with Crippen molar-refractivity contribution < 1.29 is 9.47 Å². The predicted octanol–water partition coefficient (Wildman–Crippen LogP) is 2.25. The van der Waals surface area contributed by atoms with Gasteiger partial charge in [0.1, 0.15) is 6.61 Å². The van der Waals surface area contributed by atoms with Crippen LogP contribution in [0.1, 0.15) is 19.0 Å². The molecule has 0 aliphatic heterocycles. The first-order valence-corrected chi connectivity index (χ1v) is 7.25. The predicted molar refractivity (Wildman–Crippen MR) is 82.7 cm³/mol. The van der Waals surface area contributed by atoms with E-state index in [9.17, 15) is 0 Å². The zero-order valence-corrected chi connectivity index (χ0v) is 12.7. The fourth-order valence-electron chi connectivity index (χ4n) is 2.05. The quantitative estimate of drug-likeness (QED) is 0.809. The van der Waals surface area contributed by atoms with E-state index in [1.54, 1.807) is 7.11 Å². The highest BCUT2D eigenvalue weighted by Crippen LogP contribution is 2.25. The molecule has 2 aromatic rings. The number of aromatic nitrogens is 2. The number of nitrogens with zero attached hydrogens (tertiary/aromatic N) is 2. The lowest BCUT2D eigenvalue weighted by atomic mass is 10.1. The third-order valence-electron chi connectivity index (χ3n) is 3.36. The molecule has 0 bridgehead atoms. The minimum absolute atomic E-state index is 0.179. The van der Waals surface area contributed by atoms with Crippen molar-refractivity contribution in [2.75, 3.05) is 13.7 Å². The van der Waals surface area contributed by atoms with Gasteiger partial charge in [-0.3, -0.25) is 0 Å². The Morgan fingerprint density at radius 2 is 2.05 bits per heavy atom. The Morgan fingerprint density at radius 3 is 2.76 bits per heavy atom. The van der Waals surface area contributed by atoms with E-state index in [0.717, 1.165) is 36.6 Å². The summed E-state index contributed by atoms with van der Waals surface area (Å²) in [5, 5.41) is 0. The highest BCUT2D eigenvalue weighted by molar-refractivity contribution is 5.39. The van der Waals surface area contributed by atoms with Gasteiger partial charge in [-0.1, -0.05) is 19.1 Å². The van der Waals surface area contributed by atoms with E-state index in [4.69, 9.17) is 15.2 Å². The van der Waals surface area contributed by atoms with Crippen molar-refractivity contribution in [2.24, 2.45) is 5.73 Å². The van der Waals surface area contributed by atoms with Gasteiger partial charge in [0, 0.05) is 18.7 Å². The first kappa shape index (κ1) is 15.4. The number of ether oxygens (including phenoxy) is 2. The van der Waals surface area contributed by atoms with Gasteiger partial charge in [-0.2, -0.15) is 0 Å². The fourth-order valence-corrected chi connectivity index (χ4v) is 2.05. The Kier molecular flexibility index (Phi) is 5.63. The van der Waals surface area contributed by atoms with Gasteiger partial charge in [-0.05, 0) is 18.6 Å². The van der Waals surface area contributed by atoms with Crippen LogP contribution in [0.4, 0.5) is 0 Å². The number of nitrogens with two attached hydrogens (primary N) is 1. The average Bonchev–Trinajstić information content (AvgIpc) is 2.95. The van der Waals surface area contributed by atoms with E-state index in [-0.39, 0.29) is 6.04 Å². The Bertz CT molecular complexity index is 554. The van der Waals surface area contributed by atoms with Crippen LogP contribution in [0.3, 0.4) is 0 Å². The Balaban J connectivity index is 1.83. The van der Waals surface area contributed by atoms with Crippen molar-refractivity contribution >= 4 is 0 Å². The molecule has 21 heavy (non-hydrogen) atoms. The normalized spacial score (nSPS) is 12.1. The Hall–Kier alpha value is -2.01. The molecule has 1 aromatic carbocycles. The number of rotatable bonds is 8. The van der Waals surface area contributed by atoms with Crippen LogP contribution < -0.4 is 15.2 Å². The fraction of sp³-hybridized carbons (Fsp3) is 0.438. The summed E-state index contributed by atoms with van der Waals surface area (Å²) < 4.78 is 13.0. The highest BCUT2D eigenvalue weighted by Gasteiger charge is 2.05. The standard InChI is InChI=1S/C16H23N3O2/c1-3-13(17)10-14-11-19(12-18-14)8-9-21-16-7-5-4-6-15(16)20-2/h4-7,11-13H,3,8-10,17H2,1-2H3. The van der Waals surface area contributed by atoms with E-state index in [2.05, 4.69) is 11.9 Å². The van der Waals surface area contributed by atoms with Gasteiger partial charge in [0.25, 0.3) is 0 Å². The molecular weight excluding hydrogens is 266 g/mol. The zero-order valence-electron chi connectivity index (χ0n) is 12.7. The maximum absolute atomic E-state index is 5.93. The molecule has 1 heterocycles. The van der Waals surface area contributed by atoms with Crippen LogP contribution in [0.2, 0.25) is 0 Å². The Labute approximate surface area is 125 Å². The third kappa shape index (κ3) is 4.49. The smallest absolute Gasteiger partial charge is 0.161 e. The van der Waals surface area contributed by atoms with Crippen LogP contribution in [-0.2, 0) is 13.0 Å². The summed E-state index contributed by atoms with van der Waals surface area (Å²) in [6, 6.07) is 7.82. The maximum atomic E-state index is 5.93. The number of methoxy groups -OCH3 is 1. The van der Waals surface area contributed by atoms with E-state index in [1.807, 2.05) is 41.4 Å². The van der Waals surface area contributed by atoms with Crippen LogP contribution in [0, 0.1) is 0 Å². The van der Waals surface area contributed by atoms with Crippen LogP contribution in [0.25, 0.3) is 0 Å². The number of imidazole rings is 1. The van der Waals surface area contributed by atoms with E-state index >= 15 is 0 Å². The minimum atomic E-state index is 0.179. The van der Waals surface area contributed by atoms with Gasteiger partial charge < -0.3 is 19.8 Å². The second-order valence-corrected chi connectivity index (χ2v) is 4.97. The minimum Gasteiger partial charge on any atom is -0.493 e. The van der Waals surface area contributed by atoms with Crippen LogP contribution in [0.15, 0.2) is 36.8 Å². The van der Waals surface area contributed by atoms with Gasteiger partial charge in [0.15, 0.2) is 11.5 Å². The highest BCUT2D eigenvalue weighted by atomic mass is 16.5. The molecule has 0 amide bonds. The molecule has 0 radical (unpaired) electrons. The van der Waals surface area contributed by atoms with Gasteiger partial charge in [-0.25, -0.2) is 4.98 Å². The van der Waals surface area contributed by atoms with Crippen molar-refractivity contribution in [3.63, 3.8) is 0 Å². The van der Waals surface area contributed by atoms with Crippen molar-refractivity contribution in [3.8, 4) is 11.5 Å². The van der Waals surface area contributed by atoms with Gasteiger partial charge in [0.2, 0.25) is 0 Å². The summed E-state index contributed by atoms with van der Waals surface area (Å²) in [7, 11) is 1.64. The summed E-state index contributed by atoms with van der Waals surface area (Å²) in [4.78, 5) is 4.37. The molecule has 2 rings (SSSR count). The number of benzene rings is 1. The van der Waals surface area contributed by atoms with Crippen molar-refractivity contribution in [1.29, 1.82) is 0 Å². The summed E-state index contributed by atoms with van der Waals surface area (Å²) in [5.41, 5.74) is 6.96. The third-order valence-corrected chi connectivity index (χ3v) is 3.36. The molecule has 5 heteroatoms. The number of para-hydroxylation sites is 2. The molecular formula is C16H23N3O2. The summed E-state index contributed by atoms with van der Waals surface area (Å²) in [6.07, 6.45) is 5.63. The van der Waals surface area contributed by atoms with Gasteiger partial charge in [0.05, 0.1) is 25.7 Å². The SMILES string of the molecule is CCC(N)Cc1cn(CCOc2ccccc2OC)cn1. The topological polar surface area (TPSA) is 62.3 Å². The monoisotopic (exact) mass is 289 g/mol. The van der Waals surface area contributed by atoms with Crippen LogP contribution in [-0.4, -0.2) is 29.3 Å². The molecule has 1 atom stereocenters. The molecule has 0 aliphatic carbocycles. The molecule has 0 spiro atoms. The van der Waals surface area contributed by atoms with Crippen molar-refractivity contribution in [3.05, 3.63) is 42.5 Å². The molecule has 114 valence electrons. The van der Waals surface area contributed by atoms with Crippen LogP contribution in [0.5, 0.6) is 11.5 Å². The summed E-state index contributed by atoms with van der Waals surface area (Å²) in [6.45, 7) is 3.39. The second-order valence-electron chi connectivity index (χ2n) is 4.97. The van der Waals surface area contributed by atoms with Gasteiger partial charge in [-0.15, -0.1) is 0 Å². The molecule has 1 aromatic heterocycles. The lowest BCUT2D eigenvalue weighted by molar-refractivity contribution is 0.279. The van der Waals surface area contributed by atoms with Crippen molar-refractivity contribution in [2.45, 2.75) is 32.4 Å². The van der Waals surface area contributed by atoms with Crippen molar-refractivity contribution in [1.82, 2.24) is 9.55 Å². The summed E-state index contributed by atoms with van der Waals surface area (Å²) in [5.74, 6) is 1.51. The van der Waals surface area contributed by atoms with Crippen LogP contribution >= 0.6 is 0 Å². The average molecular weight is 289 g/mol. The lowest BCUT2D eigenvalue weighted by Crippen LogP contribution is -2.21. The first-order valence-electron chi connectivity index (χ1n) is 7.25. The molecule has 1 unspecified atom stereocenters. The molecule has 0 saturated carbocycles. The molecule has 5 nitrogen and oxygen atoms in total. The largest absolute Gasteiger partial charge is 0.493 e. The summed E-state index contributed by atoms with van der Waals surface area (Å²) >= 11 is 0. The van der Waals surface area contributed by atoms with Gasteiger partial charge >= 0.3 is 0 Å². The molecule has 0 saturated heterocycles. The molecule has 2 N–H and O–H groups in total.